The number of carbonyl (C=O) groups is 2. The first-order chi connectivity index (χ1) is 8.06. The zero-order valence-corrected chi connectivity index (χ0v) is 12.0. The third-order valence-corrected chi connectivity index (χ3v) is 1.79. The number of amides is 2. The lowest BCUT2D eigenvalue weighted by Crippen LogP contribution is -2.52. The molecule has 0 aliphatic rings. The SMILES string of the molecule is CCOC(=O)NCC(C)(C)NC(=O)OC(C)(C)C. The Kier molecular flexibility index (Phi) is 5.94. The molecule has 18 heavy (non-hydrogen) atoms. The minimum atomic E-state index is -0.616. The van der Waals surface area contributed by atoms with E-state index in [0.717, 1.165) is 0 Å². The van der Waals surface area contributed by atoms with Crippen LogP contribution in [-0.4, -0.2) is 36.5 Å². The molecule has 2 amide bonds. The zero-order valence-electron chi connectivity index (χ0n) is 12.0. The van der Waals surface area contributed by atoms with Crippen LogP contribution in [0.2, 0.25) is 0 Å². The number of carbonyl (C=O) groups excluding carboxylic acids is 2. The summed E-state index contributed by atoms with van der Waals surface area (Å²) in [5.41, 5.74) is -1.16. The van der Waals surface area contributed by atoms with Crippen LogP contribution in [-0.2, 0) is 9.47 Å². The van der Waals surface area contributed by atoms with E-state index in [2.05, 4.69) is 10.6 Å². The highest BCUT2D eigenvalue weighted by molar-refractivity contribution is 5.69. The molecular formula is C12H24N2O4. The van der Waals surface area contributed by atoms with Gasteiger partial charge >= 0.3 is 12.2 Å². The van der Waals surface area contributed by atoms with E-state index in [-0.39, 0.29) is 6.54 Å². The van der Waals surface area contributed by atoms with Crippen molar-refractivity contribution in [2.24, 2.45) is 0 Å². The van der Waals surface area contributed by atoms with Gasteiger partial charge in [0.05, 0.1) is 12.1 Å². The summed E-state index contributed by atoms with van der Waals surface area (Å²) in [4.78, 5) is 22.7. The molecule has 0 aromatic heterocycles. The highest BCUT2D eigenvalue weighted by Gasteiger charge is 2.25. The molecule has 0 saturated carbocycles. The van der Waals surface area contributed by atoms with Gasteiger partial charge in [-0.1, -0.05) is 0 Å². The number of hydrogen-bond acceptors (Lipinski definition) is 4. The van der Waals surface area contributed by atoms with Gasteiger partial charge in [0, 0.05) is 6.54 Å². The fourth-order valence-corrected chi connectivity index (χ4v) is 1.10. The molecule has 0 saturated heterocycles. The Labute approximate surface area is 108 Å². The number of rotatable bonds is 4. The van der Waals surface area contributed by atoms with E-state index in [0.29, 0.717) is 6.61 Å². The second-order valence-corrected chi connectivity index (χ2v) is 5.58. The van der Waals surface area contributed by atoms with Crippen LogP contribution < -0.4 is 10.6 Å². The van der Waals surface area contributed by atoms with Crippen molar-refractivity contribution in [2.45, 2.75) is 52.7 Å². The highest BCUT2D eigenvalue weighted by Crippen LogP contribution is 2.09. The molecule has 0 radical (unpaired) electrons. The quantitative estimate of drug-likeness (QED) is 0.811. The predicted octanol–water partition coefficient (Wildman–Crippen LogP) is 2.04. The normalized spacial score (nSPS) is 11.7. The summed E-state index contributed by atoms with van der Waals surface area (Å²) < 4.78 is 9.86. The first-order valence-corrected chi connectivity index (χ1v) is 5.97. The van der Waals surface area contributed by atoms with Crippen LogP contribution in [0.4, 0.5) is 9.59 Å². The molecule has 0 aliphatic carbocycles. The van der Waals surface area contributed by atoms with Crippen molar-refractivity contribution < 1.29 is 19.1 Å². The average Bonchev–Trinajstić information content (AvgIpc) is 2.11. The van der Waals surface area contributed by atoms with E-state index in [1.54, 1.807) is 41.5 Å². The molecule has 0 heterocycles. The fraction of sp³-hybridized carbons (Fsp3) is 0.833. The van der Waals surface area contributed by atoms with Gasteiger partial charge in [-0.2, -0.15) is 0 Å². The Balaban J connectivity index is 4.14. The van der Waals surface area contributed by atoms with Crippen molar-refractivity contribution in [3.05, 3.63) is 0 Å². The van der Waals surface area contributed by atoms with Crippen LogP contribution in [0.5, 0.6) is 0 Å². The standard InChI is InChI=1S/C12H24N2O4/c1-7-17-9(15)13-8-12(5,6)14-10(16)18-11(2,3)4/h7-8H2,1-6H3,(H,13,15)(H,14,16). The van der Waals surface area contributed by atoms with Gasteiger partial charge in [-0.15, -0.1) is 0 Å². The van der Waals surface area contributed by atoms with Crippen LogP contribution in [0.3, 0.4) is 0 Å². The maximum Gasteiger partial charge on any atom is 0.408 e. The van der Waals surface area contributed by atoms with E-state index in [1.807, 2.05) is 0 Å². The van der Waals surface area contributed by atoms with Gasteiger partial charge < -0.3 is 20.1 Å². The molecular weight excluding hydrogens is 236 g/mol. The summed E-state index contributed by atoms with van der Waals surface area (Å²) >= 11 is 0. The topological polar surface area (TPSA) is 76.7 Å². The predicted molar refractivity (Wildman–Crippen MR) is 68.5 cm³/mol. The molecule has 106 valence electrons. The Bertz CT molecular complexity index is 295. The molecule has 6 nitrogen and oxygen atoms in total. The van der Waals surface area contributed by atoms with Crippen LogP contribution in [0.1, 0.15) is 41.5 Å². The van der Waals surface area contributed by atoms with Gasteiger partial charge in [0.2, 0.25) is 0 Å². The number of alkyl carbamates (subject to hydrolysis) is 2. The lowest BCUT2D eigenvalue weighted by Gasteiger charge is -2.28. The molecule has 0 aromatic carbocycles. The molecule has 0 aromatic rings. The fourth-order valence-electron chi connectivity index (χ4n) is 1.10. The Morgan fingerprint density at radius 2 is 1.61 bits per heavy atom. The van der Waals surface area contributed by atoms with Gasteiger partial charge in [-0.3, -0.25) is 0 Å². The van der Waals surface area contributed by atoms with Gasteiger partial charge in [0.25, 0.3) is 0 Å². The summed E-state index contributed by atoms with van der Waals surface area (Å²) in [7, 11) is 0. The molecule has 6 heteroatoms. The van der Waals surface area contributed by atoms with Crippen LogP contribution >= 0.6 is 0 Å². The molecule has 0 aliphatic heterocycles. The summed E-state index contributed by atoms with van der Waals surface area (Å²) in [6.45, 7) is 11.2. The van der Waals surface area contributed by atoms with Gasteiger partial charge in [0.1, 0.15) is 5.60 Å². The number of ether oxygens (including phenoxy) is 2. The molecule has 0 rings (SSSR count). The first-order valence-electron chi connectivity index (χ1n) is 5.97. The Morgan fingerprint density at radius 3 is 2.06 bits per heavy atom. The second kappa shape index (κ2) is 6.47. The summed E-state index contributed by atoms with van der Waals surface area (Å²) in [5.74, 6) is 0. The number of hydrogen-bond donors (Lipinski definition) is 2. The first kappa shape index (κ1) is 16.5. The van der Waals surface area contributed by atoms with Crippen molar-refractivity contribution in [3.8, 4) is 0 Å². The maximum atomic E-state index is 11.6. The third kappa shape index (κ3) is 8.66. The Hall–Kier alpha value is -1.46. The average molecular weight is 260 g/mol. The lowest BCUT2D eigenvalue weighted by molar-refractivity contribution is 0.0470. The van der Waals surface area contributed by atoms with Crippen molar-refractivity contribution in [3.63, 3.8) is 0 Å². The van der Waals surface area contributed by atoms with Crippen molar-refractivity contribution in [1.82, 2.24) is 10.6 Å². The van der Waals surface area contributed by atoms with Crippen LogP contribution in [0.25, 0.3) is 0 Å². The van der Waals surface area contributed by atoms with E-state index in [9.17, 15) is 9.59 Å². The Morgan fingerprint density at radius 1 is 1.06 bits per heavy atom. The van der Waals surface area contributed by atoms with E-state index in [4.69, 9.17) is 9.47 Å². The molecule has 0 spiro atoms. The lowest BCUT2D eigenvalue weighted by atomic mass is 10.1. The van der Waals surface area contributed by atoms with Crippen molar-refractivity contribution in [2.75, 3.05) is 13.2 Å². The van der Waals surface area contributed by atoms with Gasteiger partial charge in [0.15, 0.2) is 0 Å². The minimum absolute atomic E-state index is 0.255. The largest absolute Gasteiger partial charge is 0.450 e. The molecule has 0 bridgehead atoms. The maximum absolute atomic E-state index is 11.6. The molecule has 0 atom stereocenters. The van der Waals surface area contributed by atoms with Crippen LogP contribution in [0, 0.1) is 0 Å². The monoisotopic (exact) mass is 260 g/mol. The molecule has 2 N–H and O–H groups in total. The summed E-state index contributed by atoms with van der Waals surface area (Å²) in [5, 5.41) is 5.24. The highest BCUT2D eigenvalue weighted by atomic mass is 16.6. The zero-order chi connectivity index (χ0) is 14.4. The van der Waals surface area contributed by atoms with E-state index >= 15 is 0 Å². The molecule has 0 unspecified atom stereocenters. The smallest absolute Gasteiger partial charge is 0.408 e. The van der Waals surface area contributed by atoms with Crippen LogP contribution in [0.15, 0.2) is 0 Å². The summed E-state index contributed by atoms with van der Waals surface area (Å²) in [6, 6.07) is 0. The van der Waals surface area contributed by atoms with Gasteiger partial charge in [-0.05, 0) is 41.5 Å². The summed E-state index contributed by atoms with van der Waals surface area (Å²) in [6.07, 6.45) is -1.02. The second-order valence-electron chi connectivity index (χ2n) is 5.58. The van der Waals surface area contributed by atoms with Crippen molar-refractivity contribution in [1.29, 1.82) is 0 Å². The van der Waals surface area contributed by atoms with E-state index < -0.39 is 23.3 Å². The van der Waals surface area contributed by atoms with Gasteiger partial charge in [-0.25, -0.2) is 9.59 Å². The number of nitrogens with one attached hydrogen (secondary N) is 2. The van der Waals surface area contributed by atoms with Crippen molar-refractivity contribution >= 4 is 12.2 Å². The van der Waals surface area contributed by atoms with E-state index in [1.165, 1.54) is 0 Å². The minimum Gasteiger partial charge on any atom is -0.450 e. The third-order valence-electron chi connectivity index (χ3n) is 1.79. The molecule has 0 fully saturated rings.